The Hall–Kier alpha value is -1.41. The SMILES string of the molecule is Cl.Cl.O=C(C1CC2(CCNCC2)CN1)N1CCC(c2nnc3ccccn23)CC1. The molecular weight excluding hydrogens is 411 g/mol. The molecule has 2 aromatic heterocycles. The minimum absolute atomic E-state index is 0. The smallest absolute Gasteiger partial charge is 0.239 e. The fraction of sp³-hybridized carbons (Fsp3) is 0.650. The number of carbonyl (C=O) groups excluding carboxylic acids is 1. The average molecular weight is 441 g/mol. The molecule has 9 heteroatoms. The van der Waals surface area contributed by atoms with Gasteiger partial charge in [-0.1, -0.05) is 6.07 Å². The van der Waals surface area contributed by atoms with E-state index in [1.807, 2.05) is 24.4 Å². The fourth-order valence-electron chi connectivity index (χ4n) is 5.15. The third kappa shape index (κ3) is 4.24. The van der Waals surface area contributed by atoms with Crippen LogP contribution >= 0.6 is 24.8 Å². The summed E-state index contributed by atoms with van der Waals surface area (Å²) in [7, 11) is 0. The molecule has 1 spiro atoms. The molecule has 0 radical (unpaired) electrons. The second kappa shape index (κ2) is 9.16. The molecule has 0 aromatic carbocycles. The first-order chi connectivity index (χ1) is 13.2. The van der Waals surface area contributed by atoms with E-state index in [4.69, 9.17) is 0 Å². The van der Waals surface area contributed by atoms with Crippen molar-refractivity contribution < 1.29 is 4.79 Å². The van der Waals surface area contributed by atoms with Crippen LogP contribution in [0.15, 0.2) is 24.4 Å². The maximum Gasteiger partial charge on any atom is 0.239 e. The summed E-state index contributed by atoms with van der Waals surface area (Å²) in [6.45, 7) is 4.80. The normalized spacial score (nSPS) is 24.3. The van der Waals surface area contributed by atoms with Crippen LogP contribution in [-0.4, -0.2) is 64.2 Å². The van der Waals surface area contributed by atoms with E-state index >= 15 is 0 Å². The maximum absolute atomic E-state index is 13.0. The molecule has 5 rings (SSSR count). The Morgan fingerprint density at radius 3 is 2.62 bits per heavy atom. The summed E-state index contributed by atoms with van der Waals surface area (Å²) in [5, 5.41) is 15.7. The van der Waals surface area contributed by atoms with Crippen molar-refractivity contribution in [1.29, 1.82) is 0 Å². The number of carbonyl (C=O) groups is 1. The van der Waals surface area contributed by atoms with Crippen molar-refractivity contribution in [2.24, 2.45) is 5.41 Å². The molecule has 0 saturated carbocycles. The molecule has 0 bridgehead atoms. The summed E-state index contributed by atoms with van der Waals surface area (Å²) in [6.07, 6.45) is 7.33. The van der Waals surface area contributed by atoms with Crippen molar-refractivity contribution in [3.05, 3.63) is 30.2 Å². The van der Waals surface area contributed by atoms with Crippen molar-refractivity contribution >= 4 is 36.4 Å². The Kier molecular flexibility index (Phi) is 7.04. The zero-order valence-electron chi connectivity index (χ0n) is 16.5. The van der Waals surface area contributed by atoms with Gasteiger partial charge < -0.3 is 15.5 Å². The molecule has 1 atom stereocenters. The van der Waals surface area contributed by atoms with Gasteiger partial charge in [0.05, 0.1) is 6.04 Å². The first-order valence-electron chi connectivity index (χ1n) is 10.3. The Morgan fingerprint density at radius 1 is 1.10 bits per heavy atom. The van der Waals surface area contributed by atoms with Gasteiger partial charge in [-0.2, -0.15) is 0 Å². The van der Waals surface area contributed by atoms with E-state index in [2.05, 4.69) is 30.1 Å². The molecule has 1 amide bonds. The van der Waals surface area contributed by atoms with E-state index in [0.29, 0.717) is 17.2 Å². The maximum atomic E-state index is 13.0. The van der Waals surface area contributed by atoms with E-state index in [-0.39, 0.29) is 30.9 Å². The van der Waals surface area contributed by atoms with E-state index in [9.17, 15) is 4.79 Å². The van der Waals surface area contributed by atoms with Crippen molar-refractivity contribution in [2.45, 2.75) is 44.1 Å². The number of hydrogen-bond donors (Lipinski definition) is 2. The molecule has 3 fully saturated rings. The number of halogens is 2. The van der Waals surface area contributed by atoms with Crippen LogP contribution < -0.4 is 10.6 Å². The van der Waals surface area contributed by atoms with Gasteiger partial charge in [-0.25, -0.2) is 0 Å². The zero-order chi connectivity index (χ0) is 18.3. The first-order valence-corrected chi connectivity index (χ1v) is 10.3. The van der Waals surface area contributed by atoms with Gasteiger partial charge in [-0.05, 0) is 62.7 Å². The van der Waals surface area contributed by atoms with Gasteiger partial charge in [0, 0.05) is 31.7 Å². The molecule has 3 saturated heterocycles. The van der Waals surface area contributed by atoms with Gasteiger partial charge >= 0.3 is 0 Å². The van der Waals surface area contributed by atoms with Crippen LogP contribution in [-0.2, 0) is 4.79 Å². The highest BCUT2D eigenvalue weighted by Gasteiger charge is 2.43. The van der Waals surface area contributed by atoms with Gasteiger partial charge in [0.2, 0.25) is 5.91 Å². The number of pyridine rings is 1. The third-order valence-electron chi connectivity index (χ3n) is 6.83. The molecule has 7 nitrogen and oxygen atoms in total. The minimum atomic E-state index is 0. The largest absolute Gasteiger partial charge is 0.341 e. The number of likely N-dealkylation sites (tertiary alicyclic amines) is 1. The molecule has 29 heavy (non-hydrogen) atoms. The summed E-state index contributed by atoms with van der Waals surface area (Å²) >= 11 is 0. The Morgan fingerprint density at radius 2 is 1.86 bits per heavy atom. The molecule has 0 aliphatic carbocycles. The summed E-state index contributed by atoms with van der Waals surface area (Å²) in [5.41, 5.74) is 1.23. The quantitative estimate of drug-likeness (QED) is 0.746. The van der Waals surface area contributed by atoms with Crippen LogP contribution in [0.4, 0.5) is 0 Å². The number of rotatable bonds is 2. The predicted molar refractivity (Wildman–Crippen MR) is 117 cm³/mol. The van der Waals surface area contributed by atoms with Gasteiger partial charge in [0.1, 0.15) is 5.82 Å². The summed E-state index contributed by atoms with van der Waals surface area (Å²) in [5.74, 6) is 1.71. The van der Waals surface area contributed by atoms with Crippen LogP contribution in [0.5, 0.6) is 0 Å². The lowest BCUT2D eigenvalue weighted by atomic mass is 9.77. The number of nitrogens with zero attached hydrogens (tertiary/aromatic N) is 4. The number of amides is 1. The minimum Gasteiger partial charge on any atom is -0.341 e. The van der Waals surface area contributed by atoms with Gasteiger partial charge in [-0.15, -0.1) is 35.0 Å². The Bertz CT molecular complexity index is 829. The Labute approximate surface area is 183 Å². The predicted octanol–water partition coefficient (Wildman–Crippen LogP) is 2.01. The summed E-state index contributed by atoms with van der Waals surface area (Å²) in [4.78, 5) is 15.1. The summed E-state index contributed by atoms with van der Waals surface area (Å²) < 4.78 is 2.08. The van der Waals surface area contributed by atoms with Crippen LogP contribution in [0.1, 0.15) is 43.8 Å². The van der Waals surface area contributed by atoms with Gasteiger partial charge in [0.15, 0.2) is 5.65 Å². The highest BCUT2D eigenvalue weighted by atomic mass is 35.5. The number of piperidine rings is 2. The molecule has 5 heterocycles. The van der Waals surface area contributed by atoms with Crippen LogP contribution in [0.3, 0.4) is 0 Å². The van der Waals surface area contributed by atoms with Crippen molar-refractivity contribution in [3.63, 3.8) is 0 Å². The third-order valence-corrected chi connectivity index (χ3v) is 6.83. The summed E-state index contributed by atoms with van der Waals surface area (Å²) in [6, 6.07) is 5.99. The monoisotopic (exact) mass is 440 g/mol. The van der Waals surface area contributed by atoms with E-state index < -0.39 is 0 Å². The second-order valence-electron chi connectivity index (χ2n) is 8.47. The molecule has 2 N–H and O–H groups in total. The highest BCUT2D eigenvalue weighted by molar-refractivity contribution is 5.85. The highest BCUT2D eigenvalue weighted by Crippen LogP contribution is 2.38. The van der Waals surface area contributed by atoms with Crippen molar-refractivity contribution in [3.8, 4) is 0 Å². The lowest BCUT2D eigenvalue weighted by Crippen LogP contribution is -2.46. The van der Waals surface area contributed by atoms with Gasteiger partial charge in [0.25, 0.3) is 0 Å². The first kappa shape index (κ1) is 22.3. The zero-order valence-corrected chi connectivity index (χ0v) is 18.2. The van der Waals surface area contributed by atoms with E-state index in [1.165, 1.54) is 12.8 Å². The number of hydrogen-bond acceptors (Lipinski definition) is 5. The number of fused-ring (bicyclic) bond motifs is 1. The lowest BCUT2D eigenvalue weighted by Gasteiger charge is -2.34. The molecule has 160 valence electrons. The average Bonchev–Trinajstić information content (AvgIpc) is 3.33. The molecule has 2 aromatic rings. The van der Waals surface area contributed by atoms with Crippen LogP contribution in [0.25, 0.3) is 5.65 Å². The standard InChI is InChI=1S/C20H28N6O.2ClH/c27-19(16-13-20(14-22-16)6-8-21-9-7-20)25-11-4-15(5-12-25)18-24-23-17-3-1-2-10-26(17)18;;/h1-3,10,15-16,21-22H,4-9,11-14H2;2*1H. The van der Waals surface area contributed by atoms with Crippen LogP contribution in [0, 0.1) is 5.41 Å². The lowest BCUT2D eigenvalue weighted by molar-refractivity contribution is -0.134. The second-order valence-corrected chi connectivity index (χ2v) is 8.47. The van der Waals surface area contributed by atoms with E-state index in [1.54, 1.807) is 0 Å². The van der Waals surface area contributed by atoms with E-state index in [0.717, 1.165) is 63.5 Å². The van der Waals surface area contributed by atoms with Gasteiger partial charge in [-0.3, -0.25) is 9.20 Å². The van der Waals surface area contributed by atoms with Crippen LogP contribution in [0.2, 0.25) is 0 Å². The topological polar surface area (TPSA) is 74.6 Å². The molecule has 3 aliphatic rings. The van der Waals surface area contributed by atoms with Crippen molar-refractivity contribution in [2.75, 3.05) is 32.7 Å². The number of aromatic nitrogens is 3. The molecule has 1 unspecified atom stereocenters. The Balaban J connectivity index is 0.00000120. The van der Waals surface area contributed by atoms with Crippen molar-refractivity contribution in [1.82, 2.24) is 30.1 Å². The molecule has 3 aliphatic heterocycles. The fourth-order valence-corrected chi connectivity index (χ4v) is 5.15. The number of nitrogens with one attached hydrogen (secondary N) is 2. The molecular formula is C20H30Cl2N6O.